The van der Waals surface area contributed by atoms with Gasteiger partial charge in [-0.25, -0.2) is 8.42 Å². The number of nitrogens with one attached hydrogen (secondary N) is 2. The molecule has 1 fully saturated rings. The summed E-state index contributed by atoms with van der Waals surface area (Å²) in [5.41, 5.74) is 1.28. The number of anilines is 2. The number of amides is 3. The molecule has 0 saturated carbocycles. The Labute approximate surface area is 204 Å². The molecule has 0 aromatic heterocycles. The number of para-hydroxylation sites is 2. The van der Waals surface area contributed by atoms with Crippen LogP contribution >= 0.6 is 0 Å². The summed E-state index contributed by atoms with van der Waals surface area (Å²) in [6, 6.07) is 11.0. The number of carbonyl (C=O) groups is 3. The van der Waals surface area contributed by atoms with Crippen molar-refractivity contribution in [2.75, 3.05) is 23.7 Å². The van der Waals surface area contributed by atoms with E-state index < -0.39 is 15.9 Å². The quantitative estimate of drug-likeness (QED) is 0.427. The topological polar surface area (TPSA) is 122 Å². The molecule has 1 aliphatic carbocycles. The van der Waals surface area contributed by atoms with E-state index in [0.29, 0.717) is 29.8 Å². The largest absolute Gasteiger partial charge is 0.495 e. The lowest BCUT2D eigenvalue weighted by molar-refractivity contribution is -0.140. The van der Waals surface area contributed by atoms with Gasteiger partial charge in [-0.05, 0) is 49.6 Å². The number of methoxy groups -OCH3 is 1. The van der Waals surface area contributed by atoms with Gasteiger partial charge in [0.15, 0.2) is 0 Å². The highest BCUT2D eigenvalue weighted by atomic mass is 32.2. The predicted molar refractivity (Wildman–Crippen MR) is 130 cm³/mol. The highest BCUT2D eigenvalue weighted by molar-refractivity contribution is 7.92. The third-order valence-electron chi connectivity index (χ3n) is 6.31. The molecule has 4 rings (SSSR count). The number of aryl methyl sites for hydroxylation is 1. The van der Waals surface area contributed by atoms with Gasteiger partial charge < -0.3 is 10.1 Å². The molecule has 0 unspecified atom stereocenters. The van der Waals surface area contributed by atoms with E-state index in [-0.39, 0.29) is 47.2 Å². The van der Waals surface area contributed by atoms with Crippen molar-refractivity contribution in [1.29, 1.82) is 0 Å². The molecule has 3 amide bonds. The predicted octanol–water partition coefficient (Wildman–Crippen LogP) is 3.08. The molecular formula is C25H27N3O6S. The second kappa shape index (κ2) is 9.91. The molecule has 2 atom stereocenters. The summed E-state index contributed by atoms with van der Waals surface area (Å²) in [4.78, 5) is 38.9. The van der Waals surface area contributed by atoms with Gasteiger partial charge >= 0.3 is 0 Å². The minimum absolute atomic E-state index is 0.0110. The van der Waals surface area contributed by atoms with Crippen LogP contribution in [0.15, 0.2) is 59.5 Å². The van der Waals surface area contributed by atoms with E-state index in [1.807, 2.05) is 12.2 Å². The fourth-order valence-corrected chi connectivity index (χ4v) is 5.45. The molecule has 2 aromatic rings. The van der Waals surface area contributed by atoms with E-state index in [0.717, 1.165) is 0 Å². The van der Waals surface area contributed by atoms with Crippen molar-refractivity contribution in [3.63, 3.8) is 0 Å². The van der Waals surface area contributed by atoms with E-state index in [1.165, 1.54) is 24.1 Å². The third-order valence-corrected chi connectivity index (χ3v) is 7.67. The Morgan fingerprint density at radius 3 is 2.34 bits per heavy atom. The van der Waals surface area contributed by atoms with Crippen LogP contribution in [-0.2, 0) is 24.4 Å². The number of carbonyl (C=O) groups excluding carboxylic acids is 3. The van der Waals surface area contributed by atoms with Crippen LogP contribution in [0.4, 0.5) is 11.4 Å². The number of hydrogen-bond acceptors (Lipinski definition) is 6. The van der Waals surface area contributed by atoms with Gasteiger partial charge in [-0.3, -0.25) is 24.0 Å². The Bertz CT molecular complexity index is 1280. The highest BCUT2D eigenvalue weighted by Gasteiger charge is 2.46. The lowest BCUT2D eigenvalue weighted by Gasteiger charge is -2.16. The molecule has 184 valence electrons. The third kappa shape index (κ3) is 5.07. The zero-order chi connectivity index (χ0) is 25.2. The first-order valence-electron chi connectivity index (χ1n) is 11.3. The number of hydrogen-bond donors (Lipinski definition) is 2. The number of fused-ring (bicyclic) bond motifs is 1. The smallest absolute Gasteiger partial charge is 0.262 e. The minimum Gasteiger partial charge on any atom is -0.495 e. The van der Waals surface area contributed by atoms with Crippen LogP contribution in [0.25, 0.3) is 0 Å². The van der Waals surface area contributed by atoms with Crippen LogP contribution in [0.2, 0.25) is 0 Å². The average molecular weight is 498 g/mol. The highest BCUT2D eigenvalue weighted by Crippen LogP contribution is 2.35. The molecule has 10 heteroatoms. The van der Waals surface area contributed by atoms with Gasteiger partial charge in [0, 0.05) is 18.7 Å². The fraction of sp³-hybridized carbons (Fsp3) is 0.320. The summed E-state index contributed by atoms with van der Waals surface area (Å²) in [5.74, 6) is -1.19. The lowest BCUT2D eigenvalue weighted by atomic mass is 9.85. The summed E-state index contributed by atoms with van der Waals surface area (Å²) >= 11 is 0. The maximum absolute atomic E-state index is 12.9. The van der Waals surface area contributed by atoms with Gasteiger partial charge in [-0.2, -0.15) is 0 Å². The molecule has 9 nitrogen and oxygen atoms in total. The Morgan fingerprint density at radius 2 is 1.69 bits per heavy atom. The number of ether oxygens (including phenoxy) is 1. The van der Waals surface area contributed by atoms with Crippen LogP contribution in [0.3, 0.4) is 0 Å². The average Bonchev–Trinajstić information content (AvgIpc) is 3.08. The molecule has 0 spiro atoms. The van der Waals surface area contributed by atoms with Crippen molar-refractivity contribution in [1.82, 2.24) is 4.90 Å². The first-order valence-corrected chi connectivity index (χ1v) is 12.8. The van der Waals surface area contributed by atoms with Crippen molar-refractivity contribution in [3.8, 4) is 5.75 Å². The van der Waals surface area contributed by atoms with E-state index in [9.17, 15) is 22.8 Å². The Hall–Kier alpha value is -3.66. The van der Waals surface area contributed by atoms with Gasteiger partial charge in [-0.1, -0.05) is 30.4 Å². The SMILES string of the molecule is COc1ccccc1NS(=O)(=O)c1ccc(C)c(NC(=O)CCN2C(=O)[C@@H]3CC=CC[C@H]3C2=O)c1. The molecule has 0 radical (unpaired) electrons. The van der Waals surface area contributed by atoms with Gasteiger partial charge in [0.1, 0.15) is 5.75 Å². The second-order valence-corrected chi connectivity index (χ2v) is 10.2. The Balaban J connectivity index is 1.43. The van der Waals surface area contributed by atoms with Crippen LogP contribution in [-0.4, -0.2) is 44.7 Å². The van der Waals surface area contributed by atoms with Crippen LogP contribution < -0.4 is 14.8 Å². The van der Waals surface area contributed by atoms with Crippen molar-refractivity contribution >= 4 is 39.1 Å². The van der Waals surface area contributed by atoms with Crippen molar-refractivity contribution in [3.05, 3.63) is 60.2 Å². The second-order valence-electron chi connectivity index (χ2n) is 8.56. The van der Waals surface area contributed by atoms with E-state index in [4.69, 9.17) is 4.74 Å². The lowest BCUT2D eigenvalue weighted by Crippen LogP contribution is -2.34. The van der Waals surface area contributed by atoms with Crippen molar-refractivity contribution in [2.24, 2.45) is 11.8 Å². The zero-order valence-electron chi connectivity index (χ0n) is 19.5. The molecule has 35 heavy (non-hydrogen) atoms. The number of nitrogens with zero attached hydrogens (tertiary/aromatic N) is 1. The normalized spacial score (nSPS) is 19.4. The molecule has 1 saturated heterocycles. The maximum atomic E-state index is 12.9. The molecule has 2 aromatic carbocycles. The molecule has 1 heterocycles. The van der Waals surface area contributed by atoms with Gasteiger partial charge in [0.05, 0.1) is 29.5 Å². The number of allylic oxidation sites excluding steroid dienone is 2. The van der Waals surface area contributed by atoms with Gasteiger partial charge in [0.2, 0.25) is 17.7 Å². The number of benzene rings is 2. The first kappa shape index (κ1) is 24.5. The van der Waals surface area contributed by atoms with Crippen molar-refractivity contribution < 1.29 is 27.5 Å². The van der Waals surface area contributed by atoms with Gasteiger partial charge in [-0.15, -0.1) is 0 Å². The van der Waals surface area contributed by atoms with Crippen LogP contribution in [0.5, 0.6) is 5.75 Å². The van der Waals surface area contributed by atoms with E-state index in [2.05, 4.69) is 10.0 Å². The number of sulfonamides is 1. The Morgan fingerprint density at radius 1 is 1.03 bits per heavy atom. The zero-order valence-corrected chi connectivity index (χ0v) is 20.3. The standard InChI is InChI=1S/C25H27N3O6S/c1-16-11-12-17(35(32,33)27-20-9-5-6-10-22(20)34-2)15-21(16)26-23(29)13-14-28-24(30)18-7-3-4-8-19(18)25(28)31/h3-6,9-12,15,18-19,27H,7-8,13-14H2,1-2H3,(H,26,29)/t18-,19-/m1/s1. The van der Waals surface area contributed by atoms with E-state index in [1.54, 1.807) is 37.3 Å². The minimum atomic E-state index is -3.96. The molecule has 1 aliphatic heterocycles. The first-order chi connectivity index (χ1) is 16.7. The van der Waals surface area contributed by atoms with Crippen LogP contribution in [0, 0.1) is 18.8 Å². The number of rotatable bonds is 8. The fourth-order valence-electron chi connectivity index (χ4n) is 4.35. The van der Waals surface area contributed by atoms with E-state index >= 15 is 0 Å². The summed E-state index contributed by atoms with van der Waals surface area (Å²) < 4.78 is 33.6. The molecule has 2 aliphatic rings. The maximum Gasteiger partial charge on any atom is 0.262 e. The summed E-state index contributed by atoms with van der Waals surface area (Å²) in [6.07, 6.45) is 4.83. The monoisotopic (exact) mass is 497 g/mol. The van der Waals surface area contributed by atoms with Gasteiger partial charge in [0.25, 0.3) is 10.0 Å². The number of likely N-dealkylation sites (tertiary alicyclic amines) is 1. The molecular weight excluding hydrogens is 470 g/mol. The van der Waals surface area contributed by atoms with Crippen LogP contribution in [0.1, 0.15) is 24.8 Å². The Kier molecular flexibility index (Phi) is 6.93. The summed E-state index contributed by atoms with van der Waals surface area (Å²) in [5, 5.41) is 2.71. The molecule has 0 bridgehead atoms. The van der Waals surface area contributed by atoms with Crippen molar-refractivity contribution in [2.45, 2.75) is 31.1 Å². The molecule has 2 N–H and O–H groups in total. The number of imide groups is 1. The summed E-state index contributed by atoms with van der Waals surface area (Å²) in [7, 11) is -2.51. The summed E-state index contributed by atoms with van der Waals surface area (Å²) in [6.45, 7) is 1.73.